The van der Waals surface area contributed by atoms with Crippen molar-refractivity contribution >= 4 is 23.1 Å². The molecule has 2 heterocycles. The number of nitrogens with two attached hydrogens (primary N) is 1. The van der Waals surface area contributed by atoms with Gasteiger partial charge in [-0.3, -0.25) is 4.40 Å². The van der Waals surface area contributed by atoms with Crippen LogP contribution in [0.25, 0.3) is 16.9 Å². The van der Waals surface area contributed by atoms with Crippen molar-refractivity contribution in [3.63, 3.8) is 0 Å². The van der Waals surface area contributed by atoms with Gasteiger partial charge in [-0.15, -0.1) is 0 Å². The molecule has 0 aliphatic heterocycles. The van der Waals surface area contributed by atoms with Crippen LogP contribution in [0.5, 0.6) is 5.75 Å². The summed E-state index contributed by atoms with van der Waals surface area (Å²) in [6.07, 6.45) is 1.84. The van der Waals surface area contributed by atoms with Gasteiger partial charge in [-0.1, -0.05) is 23.7 Å². The summed E-state index contributed by atoms with van der Waals surface area (Å²) in [4.78, 5) is 4.52. The van der Waals surface area contributed by atoms with E-state index in [-0.39, 0.29) is 0 Å². The first-order valence-corrected chi connectivity index (χ1v) is 6.15. The molecule has 0 radical (unpaired) electrons. The molecule has 19 heavy (non-hydrogen) atoms. The maximum absolute atomic E-state index is 6.15. The third-order valence-corrected chi connectivity index (χ3v) is 3.30. The number of halogens is 1. The number of nitrogen functional groups attached to an aromatic ring is 1. The van der Waals surface area contributed by atoms with Gasteiger partial charge in [0.1, 0.15) is 17.3 Å². The summed E-state index contributed by atoms with van der Waals surface area (Å²) in [5, 5.41) is 0.565. The summed E-state index contributed by atoms with van der Waals surface area (Å²) in [5.74, 6) is 1.27. The second-order valence-corrected chi connectivity index (χ2v) is 4.50. The molecule has 0 bridgehead atoms. The number of benzene rings is 1. The Morgan fingerprint density at radius 2 is 2.00 bits per heavy atom. The monoisotopic (exact) mass is 273 g/mol. The lowest BCUT2D eigenvalue weighted by atomic mass is 10.1. The van der Waals surface area contributed by atoms with E-state index in [1.54, 1.807) is 17.6 Å². The van der Waals surface area contributed by atoms with E-state index in [9.17, 15) is 0 Å². The normalized spacial score (nSPS) is 10.8. The number of aromatic nitrogens is 2. The quantitative estimate of drug-likeness (QED) is 0.780. The molecule has 0 saturated carbocycles. The van der Waals surface area contributed by atoms with Gasteiger partial charge in [0, 0.05) is 11.8 Å². The third kappa shape index (κ3) is 1.81. The number of rotatable bonds is 2. The number of anilines is 1. The van der Waals surface area contributed by atoms with E-state index < -0.39 is 0 Å². The molecule has 4 nitrogen and oxygen atoms in total. The molecular weight excluding hydrogens is 262 g/mol. The molecule has 0 spiro atoms. The van der Waals surface area contributed by atoms with Crippen molar-refractivity contribution < 1.29 is 4.74 Å². The molecule has 2 aromatic heterocycles. The number of hydrogen-bond donors (Lipinski definition) is 1. The first kappa shape index (κ1) is 11.9. The Balaban J connectivity index is 2.31. The topological polar surface area (TPSA) is 52.5 Å². The van der Waals surface area contributed by atoms with Gasteiger partial charge >= 0.3 is 0 Å². The van der Waals surface area contributed by atoms with Gasteiger partial charge in [0.15, 0.2) is 5.65 Å². The van der Waals surface area contributed by atoms with Crippen molar-refractivity contribution in [1.82, 2.24) is 9.38 Å². The van der Waals surface area contributed by atoms with Gasteiger partial charge < -0.3 is 10.5 Å². The van der Waals surface area contributed by atoms with Crippen LogP contribution in [0.3, 0.4) is 0 Å². The lowest BCUT2D eigenvalue weighted by Crippen LogP contribution is -1.95. The van der Waals surface area contributed by atoms with E-state index >= 15 is 0 Å². The summed E-state index contributed by atoms with van der Waals surface area (Å²) in [6.45, 7) is 0. The SMILES string of the molecule is COc1ccccc1-c1nc2c(Cl)cccn2c1N. The second-order valence-electron chi connectivity index (χ2n) is 4.10. The Morgan fingerprint density at radius 1 is 1.21 bits per heavy atom. The highest BCUT2D eigenvalue weighted by Crippen LogP contribution is 2.34. The number of para-hydroxylation sites is 1. The Labute approximate surface area is 115 Å². The highest BCUT2D eigenvalue weighted by atomic mass is 35.5. The molecule has 0 amide bonds. The molecule has 2 N–H and O–H groups in total. The standard InChI is InChI=1S/C14H12ClN3O/c1-19-11-7-3-2-5-9(11)12-13(16)18-8-4-6-10(15)14(18)17-12/h2-8H,16H2,1H3. The van der Waals surface area contributed by atoms with Gasteiger partial charge in [-0.05, 0) is 24.3 Å². The van der Waals surface area contributed by atoms with Crippen LogP contribution in [0.15, 0.2) is 42.6 Å². The minimum Gasteiger partial charge on any atom is -0.496 e. The first-order valence-electron chi connectivity index (χ1n) is 5.78. The van der Waals surface area contributed by atoms with Crippen LogP contribution < -0.4 is 10.5 Å². The summed E-state index contributed by atoms with van der Waals surface area (Å²) in [7, 11) is 1.62. The summed E-state index contributed by atoms with van der Waals surface area (Å²) < 4.78 is 7.11. The fourth-order valence-electron chi connectivity index (χ4n) is 2.09. The average molecular weight is 274 g/mol. The highest BCUT2D eigenvalue weighted by molar-refractivity contribution is 6.33. The lowest BCUT2D eigenvalue weighted by molar-refractivity contribution is 0.416. The van der Waals surface area contributed by atoms with Gasteiger partial charge in [-0.2, -0.15) is 0 Å². The van der Waals surface area contributed by atoms with Crippen LogP contribution in [-0.2, 0) is 0 Å². The summed E-state index contributed by atoms with van der Waals surface area (Å²) >= 11 is 6.13. The second kappa shape index (κ2) is 4.48. The molecule has 0 aliphatic rings. The number of imidazole rings is 1. The van der Waals surface area contributed by atoms with Gasteiger partial charge in [-0.25, -0.2) is 4.98 Å². The third-order valence-electron chi connectivity index (χ3n) is 3.00. The number of fused-ring (bicyclic) bond motifs is 1. The van der Waals surface area contributed by atoms with Crippen LogP contribution >= 0.6 is 11.6 Å². The van der Waals surface area contributed by atoms with Crippen LogP contribution in [0.4, 0.5) is 5.82 Å². The van der Waals surface area contributed by atoms with Crippen LogP contribution in [0.2, 0.25) is 5.02 Å². The number of ether oxygens (including phenoxy) is 1. The van der Waals surface area contributed by atoms with Crippen LogP contribution in [0, 0.1) is 0 Å². The predicted octanol–water partition coefficient (Wildman–Crippen LogP) is 3.25. The molecule has 0 fully saturated rings. The number of hydrogen-bond acceptors (Lipinski definition) is 3. The molecule has 0 aliphatic carbocycles. The Hall–Kier alpha value is -2.20. The minimum absolute atomic E-state index is 0.544. The number of methoxy groups -OCH3 is 1. The van der Waals surface area contributed by atoms with E-state index in [0.717, 1.165) is 11.3 Å². The lowest BCUT2D eigenvalue weighted by Gasteiger charge is -2.06. The van der Waals surface area contributed by atoms with Gasteiger partial charge in [0.25, 0.3) is 0 Å². The zero-order valence-electron chi connectivity index (χ0n) is 10.3. The molecule has 0 atom stereocenters. The van der Waals surface area contributed by atoms with Crippen molar-refractivity contribution in [3.8, 4) is 17.0 Å². The molecule has 1 aromatic carbocycles. The van der Waals surface area contributed by atoms with Crippen LogP contribution in [0.1, 0.15) is 0 Å². The van der Waals surface area contributed by atoms with Crippen LogP contribution in [-0.4, -0.2) is 16.5 Å². The van der Waals surface area contributed by atoms with Crippen molar-refractivity contribution in [2.45, 2.75) is 0 Å². The van der Waals surface area contributed by atoms with Gasteiger partial charge in [0.05, 0.1) is 12.1 Å². The highest BCUT2D eigenvalue weighted by Gasteiger charge is 2.15. The largest absolute Gasteiger partial charge is 0.496 e. The molecular formula is C14H12ClN3O. The molecule has 0 saturated heterocycles. The Morgan fingerprint density at radius 3 is 2.74 bits per heavy atom. The summed E-state index contributed by atoms with van der Waals surface area (Å²) in [6, 6.07) is 11.2. The molecule has 96 valence electrons. The molecule has 3 rings (SSSR count). The molecule has 5 heteroatoms. The first-order chi connectivity index (χ1) is 9.22. The number of pyridine rings is 1. The zero-order valence-corrected chi connectivity index (χ0v) is 11.1. The van der Waals surface area contributed by atoms with Crippen molar-refractivity contribution in [2.24, 2.45) is 0 Å². The predicted molar refractivity (Wildman–Crippen MR) is 76.6 cm³/mol. The van der Waals surface area contributed by atoms with E-state index in [0.29, 0.717) is 22.2 Å². The zero-order chi connectivity index (χ0) is 13.4. The van der Waals surface area contributed by atoms with Gasteiger partial charge in [0.2, 0.25) is 0 Å². The minimum atomic E-state index is 0.544. The fourth-order valence-corrected chi connectivity index (χ4v) is 2.30. The van der Waals surface area contributed by atoms with E-state index in [4.69, 9.17) is 22.1 Å². The van der Waals surface area contributed by atoms with E-state index in [1.165, 1.54) is 0 Å². The van der Waals surface area contributed by atoms with E-state index in [1.807, 2.05) is 36.5 Å². The maximum Gasteiger partial charge on any atom is 0.157 e. The van der Waals surface area contributed by atoms with Crippen molar-refractivity contribution in [2.75, 3.05) is 12.8 Å². The molecule has 0 unspecified atom stereocenters. The fraction of sp³-hybridized carbons (Fsp3) is 0.0714. The average Bonchev–Trinajstić information content (AvgIpc) is 2.78. The Kier molecular flexibility index (Phi) is 2.80. The Bertz CT molecular complexity index is 752. The molecule has 3 aromatic rings. The maximum atomic E-state index is 6.15. The van der Waals surface area contributed by atoms with E-state index in [2.05, 4.69) is 4.98 Å². The smallest absolute Gasteiger partial charge is 0.157 e. The number of nitrogens with zero attached hydrogens (tertiary/aromatic N) is 2. The summed E-state index contributed by atoms with van der Waals surface area (Å²) in [5.41, 5.74) is 8.31. The van der Waals surface area contributed by atoms with Crippen molar-refractivity contribution in [1.29, 1.82) is 0 Å². The van der Waals surface area contributed by atoms with Crippen molar-refractivity contribution in [3.05, 3.63) is 47.6 Å².